The van der Waals surface area contributed by atoms with Crippen molar-refractivity contribution in [1.29, 1.82) is 0 Å². The molecule has 1 saturated heterocycles. The van der Waals surface area contributed by atoms with Gasteiger partial charge in [0.2, 0.25) is 0 Å². The van der Waals surface area contributed by atoms with Gasteiger partial charge >= 0.3 is 0 Å². The van der Waals surface area contributed by atoms with Crippen LogP contribution in [0, 0.1) is 5.92 Å². The van der Waals surface area contributed by atoms with Crippen molar-refractivity contribution < 1.29 is 4.84 Å². The minimum atomic E-state index is -0.0362. The summed E-state index contributed by atoms with van der Waals surface area (Å²) in [7, 11) is 0. The van der Waals surface area contributed by atoms with Gasteiger partial charge < -0.3 is 0 Å². The fourth-order valence-electron chi connectivity index (χ4n) is 2.35. The van der Waals surface area contributed by atoms with E-state index in [0.29, 0.717) is 12.5 Å². The number of hydrogen-bond acceptors (Lipinski definition) is 3. The molecule has 1 heterocycles. The van der Waals surface area contributed by atoms with Crippen LogP contribution in [0.2, 0.25) is 0 Å². The molecule has 1 fully saturated rings. The van der Waals surface area contributed by atoms with Crippen LogP contribution in [0.4, 0.5) is 0 Å². The zero-order chi connectivity index (χ0) is 12.0. The number of rotatable bonds is 6. The van der Waals surface area contributed by atoms with Crippen LogP contribution in [0.15, 0.2) is 17.8 Å². The second-order valence-electron chi connectivity index (χ2n) is 4.83. The molecule has 5 heteroatoms. The van der Waals surface area contributed by atoms with Crippen LogP contribution in [0.1, 0.15) is 33.1 Å². The zero-order valence-corrected chi connectivity index (χ0v) is 10.0. The third kappa shape index (κ3) is 3.52. The van der Waals surface area contributed by atoms with Crippen molar-refractivity contribution in [3.63, 3.8) is 0 Å². The van der Waals surface area contributed by atoms with E-state index >= 15 is 0 Å². The van der Waals surface area contributed by atoms with E-state index in [1.165, 1.54) is 0 Å². The minimum absolute atomic E-state index is 0.0189. The van der Waals surface area contributed by atoms with E-state index in [2.05, 4.69) is 35.9 Å². The summed E-state index contributed by atoms with van der Waals surface area (Å²) >= 11 is 0. The SMILES string of the molecule is C=CCC1(CC(C)C)CC(CN=[N+]=[N-])ON1. The Morgan fingerprint density at radius 3 is 3.06 bits per heavy atom. The van der Waals surface area contributed by atoms with Crippen LogP contribution in [0.5, 0.6) is 0 Å². The first kappa shape index (κ1) is 13.0. The lowest BCUT2D eigenvalue weighted by Crippen LogP contribution is -2.39. The molecule has 0 radical (unpaired) electrons. The first-order valence-corrected chi connectivity index (χ1v) is 5.66. The molecule has 0 aromatic rings. The second-order valence-corrected chi connectivity index (χ2v) is 4.83. The number of azide groups is 1. The molecule has 2 unspecified atom stereocenters. The monoisotopic (exact) mass is 224 g/mol. The van der Waals surface area contributed by atoms with E-state index in [1.54, 1.807) is 0 Å². The van der Waals surface area contributed by atoms with Crippen LogP contribution in [0.3, 0.4) is 0 Å². The summed E-state index contributed by atoms with van der Waals surface area (Å²) < 4.78 is 0. The van der Waals surface area contributed by atoms with Crippen molar-refractivity contribution in [3.05, 3.63) is 23.1 Å². The van der Waals surface area contributed by atoms with Crippen LogP contribution < -0.4 is 5.48 Å². The molecule has 0 aromatic heterocycles. The summed E-state index contributed by atoms with van der Waals surface area (Å²) in [6.07, 6.45) is 4.67. The van der Waals surface area contributed by atoms with Crippen molar-refractivity contribution in [2.45, 2.75) is 44.8 Å². The van der Waals surface area contributed by atoms with Gasteiger partial charge in [-0.3, -0.25) is 4.84 Å². The molecule has 0 aliphatic carbocycles. The lowest BCUT2D eigenvalue weighted by Gasteiger charge is -2.28. The van der Waals surface area contributed by atoms with E-state index in [-0.39, 0.29) is 11.6 Å². The highest BCUT2D eigenvalue weighted by atomic mass is 16.7. The Kier molecular flexibility index (Phi) is 4.80. The molecule has 1 aliphatic rings. The highest BCUT2D eigenvalue weighted by Crippen LogP contribution is 2.32. The molecule has 0 spiro atoms. The predicted octanol–water partition coefficient (Wildman–Crippen LogP) is 2.95. The molecule has 1 rings (SSSR count). The second kappa shape index (κ2) is 5.89. The van der Waals surface area contributed by atoms with Crippen LogP contribution >= 0.6 is 0 Å². The first-order valence-electron chi connectivity index (χ1n) is 5.66. The number of hydrogen-bond donors (Lipinski definition) is 1. The van der Waals surface area contributed by atoms with Gasteiger partial charge in [-0.2, -0.15) is 5.48 Å². The Morgan fingerprint density at radius 2 is 2.50 bits per heavy atom. The molecular weight excluding hydrogens is 204 g/mol. The highest BCUT2D eigenvalue weighted by Gasteiger charge is 2.39. The number of hydroxylamine groups is 1. The summed E-state index contributed by atoms with van der Waals surface area (Å²) in [5, 5.41) is 3.55. The maximum atomic E-state index is 8.27. The Hall–Kier alpha value is -1.03. The zero-order valence-electron chi connectivity index (χ0n) is 10.0. The van der Waals surface area contributed by atoms with Crippen LogP contribution in [-0.4, -0.2) is 18.2 Å². The standard InChI is InChI=1S/C11H20N4O/c1-4-5-11(6-9(2)3)7-10(16-14-11)8-13-15-12/h4,9-10,14H,1,5-8H2,2-3H3. The van der Waals surface area contributed by atoms with Crippen molar-refractivity contribution in [2.24, 2.45) is 11.0 Å². The van der Waals surface area contributed by atoms with Crippen molar-refractivity contribution in [2.75, 3.05) is 6.54 Å². The quantitative estimate of drug-likeness (QED) is 0.326. The normalized spacial score (nSPS) is 29.1. The minimum Gasteiger partial charge on any atom is -0.298 e. The average Bonchev–Trinajstić information content (AvgIpc) is 2.58. The molecule has 0 saturated carbocycles. The Labute approximate surface area is 96.4 Å². The van der Waals surface area contributed by atoms with Crippen LogP contribution in [0.25, 0.3) is 10.4 Å². The van der Waals surface area contributed by atoms with Crippen LogP contribution in [-0.2, 0) is 4.84 Å². The fourth-order valence-corrected chi connectivity index (χ4v) is 2.35. The Balaban J connectivity index is 2.59. The molecule has 0 aromatic carbocycles. The smallest absolute Gasteiger partial charge is 0.0865 e. The summed E-state index contributed by atoms with van der Waals surface area (Å²) in [4.78, 5) is 8.21. The topological polar surface area (TPSA) is 70.0 Å². The van der Waals surface area contributed by atoms with E-state index in [4.69, 9.17) is 10.4 Å². The molecule has 0 bridgehead atoms. The molecule has 1 aliphatic heterocycles. The van der Waals surface area contributed by atoms with Gasteiger partial charge in [0.05, 0.1) is 12.6 Å². The van der Waals surface area contributed by atoms with Gasteiger partial charge in [-0.25, -0.2) is 0 Å². The Morgan fingerprint density at radius 1 is 1.75 bits per heavy atom. The molecule has 90 valence electrons. The van der Waals surface area contributed by atoms with Gasteiger partial charge in [-0.1, -0.05) is 25.0 Å². The summed E-state index contributed by atoms with van der Waals surface area (Å²) in [6.45, 7) is 8.55. The van der Waals surface area contributed by atoms with E-state index in [1.807, 2.05) is 6.08 Å². The molecule has 16 heavy (non-hydrogen) atoms. The maximum absolute atomic E-state index is 8.27. The van der Waals surface area contributed by atoms with Gasteiger partial charge in [0.15, 0.2) is 0 Å². The first-order chi connectivity index (χ1) is 7.62. The highest BCUT2D eigenvalue weighted by molar-refractivity contribution is 4.97. The average molecular weight is 224 g/mol. The van der Waals surface area contributed by atoms with Crippen molar-refractivity contribution in [1.82, 2.24) is 5.48 Å². The lowest BCUT2D eigenvalue weighted by atomic mass is 9.83. The van der Waals surface area contributed by atoms with Gasteiger partial charge in [-0.05, 0) is 30.7 Å². The summed E-state index contributed by atoms with van der Waals surface area (Å²) in [5.41, 5.74) is 11.3. The van der Waals surface area contributed by atoms with E-state index in [0.717, 1.165) is 19.3 Å². The van der Waals surface area contributed by atoms with Crippen molar-refractivity contribution >= 4 is 0 Å². The van der Waals surface area contributed by atoms with Gasteiger partial charge in [0.1, 0.15) is 0 Å². The molecular formula is C11H20N4O. The Bertz CT molecular complexity index is 286. The summed E-state index contributed by atoms with van der Waals surface area (Å²) in [6, 6.07) is 0. The van der Waals surface area contributed by atoms with Crippen molar-refractivity contribution in [3.8, 4) is 0 Å². The molecule has 1 N–H and O–H groups in total. The lowest BCUT2D eigenvalue weighted by molar-refractivity contribution is 0.0122. The van der Waals surface area contributed by atoms with Gasteiger partial charge in [0, 0.05) is 10.5 Å². The maximum Gasteiger partial charge on any atom is 0.0865 e. The molecule has 5 nitrogen and oxygen atoms in total. The van der Waals surface area contributed by atoms with E-state index < -0.39 is 0 Å². The van der Waals surface area contributed by atoms with Gasteiger partial charge in [-0.15, -0.1) is 6.58 Å². The third-order valence-electron chi connectivity index (χ3n) is 2.74. The number of nitrogens with zero attached hydrogens (tertiary/aromatic N) is 3. The van der Waals surface area contributed by atoms with E-state index in [9.17, 15) is 0 Å². The van der Waals surface area contributed by atoms with Gasteiger partial charge in [0.25, 0.3) is 0 Å². The molecule has 2 atom stereocenters. The number of nitrogens with one attached hydrogen (secondary N) is 1. The third-order valence-corrected chi connectivity index (χ3v) is 2.74. The largest absolute Gasteiger partial charge is 0.298 e. The summed E-state index contributed by atoms with van der Waals surface area (Å²) in [5.74, 6) is 0.592. The molecule has 0 amide bonds. The predicted molar refractivity (Wildman–Crippen MR) is 63.6 cm³/mol. The fraction of sp³-hybridized carbons (Fsp3) is 0.818.